The number of carbonyl (C=O) groups excluding carboxylic acids is 1. The van der Waals surface area contributed by atoms with Crippen LogP contribution in [0.15, 0.2) is 36.4 Å². The molecule has 0 bridgehead atoms. The van der Waals surface area contributed by atoms with Crippen LogP contribution in [0.3, 0.4) is 0 Å². The van der Waals surface area contributed by atoms with Gasteiger partial charge in [-0.1, -0.05) is 6.92 Å². The summed E-state index contributed by atoms with van der Waals surface area (Å²) < 4.78 is 18.3. The Labute approximate surface area is 188 Å². The van der Waals surface area contributed by atoms with Gasteiger partial charge in [0, 0.05) is 30.9 Å². The smallest absolute Gasteiger partial charge is 0.255 e. The highest BCUT2D eigenvalue weighted by atomic mass is 16.5. The summed E-state index contributed by atoms with van der Waals surface area (Å²) in [4.78, 5) is 20.1. The van der Waals surface area contributed by atoms with Crippen molar-refractivity contribution in [3.63, 3.8) is 0 Å². The van der Waals surface area contributed by atoms with Crippen LogP contribution < -0.4 is 14.8 Å². The zero-order valence-electron chi connectivity index (χ0n) is 18.9. The van der Waals surface area contributed by atoms with Gasteiger partial charge in [0.15, 0.2) is 11.5 Å². The Morgan fingerprint density at radius 2 is 1.88 bits per heavy atom. The van der Waals surface area contributed by atoms with Crippen LogP contribution >= 0.6 is 0 Å². The van der Waals surface area contributed by atoms with E-state index in [2.05, 4.69) is 21.7 Å². The number of carbonyl (C=O) groups is 1. The second kappa shape index (κ2) is 10.0. The molecule has 0 spiro atoms. The summed E-state index contributed by atoms with van der Waals surface area (Å²) in [6, 6.07) is 11.0. The first-order chi connectivity index (χ1) is 15.6. The highest BCUT2D eigenvalue weighted by Gasteiger charge is 2.17. The highest BCUT2D eigenvalue weighted by molar-refractivity contribution is 6.05. The largest absolute Gasteiger partial charge is 0.493 e. The van der Waals surface area contributed by atoms with Crippen molar-refractivity contribution >= 4 is 22.6 Å². The third kappa shape index (κ3) is 4.71. The van der Waals surface area contributed by atoms with E-state index < -0.39 is 0 Å². The number of morpholine rings is 1. The topological polar surface area (TPSA) is 77.9 Å². The third-order valence-corrected chi connectivity index (χ3v) is 5.65. The fourth-order valence-electron chi connectivity index (χ4n) is 3.99. The first kappa shape index (κ1) is 22.1. The second-order valence-corrected chi connectivity index (χ2v) is 7.80. The molecule has 8 heteroatoms. The summed E-state index contributed by atoms with van der Waals surface area (Å²) in [7, 11) is 3.12. The number of hydrogen-bond donors (Lipinski definition) is 1. The molecule has 1 aliphatic heterocycles. The first-order valence-corrected chi connectivity index (χ1v) is 11.0. The summed E-state index contributed by atoms with van der Waals surface area (Å²) in [6.07, 6.45) is 1.03. The Morgan fingerprint density at radius 3 is 2.59 bits per heavy atom. The number of aromatic nitrogens is 2. The van der Waals surface area contributed by atoms with Gasteiger partial charge in [0.2, 0.25) is 0 Å². The number of nitrogens with zero attached hydrogens (tertiary/aromatic N) is 3. The molecular weight excluding hydrogens is 408 g/mol. The lowest BCUT2D eigenvalue weighted by atomic mass is 10.1. The van der Waals surface area contributed by atoms with E-state index >= 15 is 0 Å². The average Bonchev–Trinajstić information content (AvgIpc) is 3.15. The number of ether oxygens (including phenoxy) is 3. The quantitative estimate of drug-likeness (QED) is 0.580. The molecule has 0 aliphatic carbocycles. The standard InChI is InChI=1S/C24H30N4O4/c1-4-9-28-20-7-6-18(15-19(20)26-23(28)16-27-10-12-32-13-11-27)25-24(29)17-5-8-21(30-2)22(14-17)31-3/h5-8,14-15H,4,9-13,16H2,1-3H3,(H,25,29). The minimum atomic E-state index is -0.216. The van der Waals surface area contributed by atoms with Gasteiger partial charge < -0.3 is 24.1 Å². The number of anilines is 1. The highest BCUT2D eigenvalue weighted by Crippen LogP contribution is 2.28. The number of hydrogen-bond acceptors (Lipinski definition) is 6. The lowest BCUT2D eigenvalue weighted by Crippen LogP contribution is -2.36. The van der Waals surface area contributed by atoms with Gasteiger partial charge >= 0.3 is 0 Å². The Balaban J connectivity index is 1.56. The van der Waals surface area contributed by atoms with E-state index in [4.69, 9.17) is 19.2 Å². The Kier molecular flexibility index (Phi) is 6.92. The van der Waals surface area contributed by atoms with Crippen molar-refractivity contribution in [3.8, 4) is 11.5 Å². The maximum Gasteiger partial charge on any atom is 0.255 e. The first-order valence-electron chi connectivity index (χ1n) is 11.0. The van der Waals surface area contributed by atoms with Gasteiger partial charge in [-0.3, -0.25) is 9.69 Å². The van der Waals surface area contributed by atoms with Crippen molar-refractivity contribution in [2.24, 2.45) is 0 Å². The van der Waals surface area contributed by atoms with Gasteiger partial charge in [0.1, 0.15) is 5.82 Å². The Bertz CT molecular complexity index is 1090. The van der Waals surface area contributed by atoms with E-state index in [9.17, 15) is 4.79 Å². The van der Waals surface area contributed by atoms with Crippen molar-refractivity contribution in [2.75, 3.05) is 45.8 Å². The number of aryl methyl sites for hydroxylation is 1. The molecule has 1 aliphatic rings. The molecule has 2 heterocycles. The van der Waals surface area contributed by atoms with E-state index in [1.807, 2.05) is 18.2 Å². The second-order valence-electron chi connectivity index (χ2n) is 7.80. The number of benzene rings is 2. The van der Waals surface area contributed by atoms with Crippen molar-refractivity contribution in [3.05, 3.63) is 47.8 Å². The van der Waals surface area contributed by atoms with Crippen LogP contribution in [0.2, 0.25) is 0 Å². The van der Waals surface area contributed by atoms with Crippen LogP contribution in [0.25, 0.3) is 11.0 Å². The van der Waals surface area contributed by atoms with Gasteiger partial charge in [-0.15, -0.1) is 0 Å². The molecule has 170 valence electrons. The maximum absolute atomic E-state index is 12.8. The summed E-state index contributed by atoms with van der Waals surface area (Å²) in [6.45, 7) is 7.24. The number of fused-ring (bicyclic) bond motifs is 1. The normalized spacial score (nSPS) is 14.5. The molecule has 0 atom stereocenters. The summed E-state index contributed by atoms with van der Waals surface area (Å²) in [5.74, 6) is 1.93. The number of methoxy groups -OCH3 is 2. The summed E-state index contributed by atoms with van der Waals surface area (Å²) >= 11 is 0. The van der Waals surface area contributed by atoms with Crippen molar-refractivity contribution < 1.29 is 19.0 Å². The van der Waals surface area contributed by atoms with Gasteiger partial charge in [-0.25, -0.2) is 4.98 Å². The maximum atomic E-state index is 12.8. The molecule has 0 unspecified atom stereocenters. The van der Waals surface area contributed by atoms with Crippen molar-refractivity contribution in [1.29, 1.82) is 0 Å². The fourth-order valence-corrected chi connectivity index (χ4v) is 3.99. The van der Waals surface area contributed by atoms with Crippen molar-refractivity contribution in [2.45, 2.75) is 26.4 Å². The number of nitrogens with one attached hydrogen (secondary N) is 1. The summed E-state index contributed by atoms with van der Waals surface area (Å²) in [5.41, 5.74) is 3.16. The molecule has 1 N–H and O–H groups in total. The number of rotatable bonds is 8. The monoisotopic (exact) mass is 438 g/mol. The molecule has 0 saturated carbocycles. The molecule has 1 fully saturated rings. The molecule has 3 aromatic rings. The molecule has 2 aromatic carbocycles. The lowest BCUT2D eigenvalue weighted by Gasteiger charge is -2.26. The van der Waals surface area contributed by atoms with Crippen LogP contribution in [0.5, 0.6) is 11.5 Å². The molecule has 8 nitrogen and oxygen atoms in total. The van der Waals surface area contributed by atoms with Gasteiger partial charge in [-0.2, -0.15) is 0 Å². The van der Waals surface area contributed by atoms with Gasteiger partial charge in [0.05, 0.1) is 45.0 Å². The predicted molar refractivity (Wildman–Crippen MR) is 124 cm³/mol. The van der Waals surface area contributed by atoms with Crippen LogP contribution in [0.4, 0.5) is 5.69 Å². The summed E-state index contributed by atoms with van der Waals surface area (Å²) in [5, 5.41) is 2.97. The fraction of sp³-hybridized carbons (Fsp3) is 0.417. The number of amides is 1. The lowest BCUT2D eigenvalue weighted by molar-refractivity contribution is 0.0326. The van der Waals surface area contributed by atoms with E-state index in [-0.39, 0.29) is 5.91 Å². The van der Waals surface area contributed by atoms with E-state index in [1.165, 1.54) is 0 Å². The minimum Gasteiger partial charge on any atom is -0.493 e. The van der Waals surface area contributed by atoms with E-state index in [0.717, 1.165) is 62.7 Å². The SMILES string of the molecule is CCCn1c(CN2CCOCC2)nc2cc(NC(=O)c3ccc(OC)c(OC)c3)ccc21. The van der Waals surface area contributed by atoms with E-state index in [0.29, 0.717) is 22.7 Å². The molecule has 1 saturated heterocycles. The van der Waals surface area contributed by atoms with Crippen LogP contribution in [-0.2, 0) is 17.8 Å². The van der Waals surface area contributed by atoms with Crippen LogP contribution in [0.1, 0.15) is 29.5 Å². The predicted octanol–water partition coefficient (Wildman–Crippen LogP) is 3.55. The zero-order chi connectivity index (χ0) is 22.5. The average molecular weight is 439 g/mol. The van der Waals surface area contributed by atoms with Gasteiger partial charge in [-0.05, 0) is 42.8 Å². The molecule has 4 rings (SSSR count). The van der Waals surface area contributed by atoms with Crippen LogP contribution in [-0.4, -0.2) is 60.9 Å². The molecule has 1 amide bonds. The third-order valence-electron chi connectivity index (χ3n) is 5.65. The molecule has 1 aromatic heterocycles. The molecular formula is C24H30N4O4. The van der Waals surface area contributed by atoms with Crippen LogP contribution in [0, 0.1) is 0 Å². The van der Waals surface area contributed by atoms with Crippen molar-refractivity contribution in [1.82, 2.24) is 14.5 Å². The van der Waals surface area contributed by atoms with E-state index in [1.54, 1.807) is 32.4 Å². The molecule has 32 heavy (non-hydrogen) atoms. The molecule has 0 radical (unpaired) electrons. The number of imidazole rings is 1. The Hall–Kier alpha value is -3.10. The Morgan fingerprint density at radius 1 is 1.09 bits per heavy atom. The van der Waals surface area contributed by atoms with Gasteiger partial charge in [0.25, 0.3) is 5.91 Å². The minimum absolute atomic E-state index is 0.216. The zero-order valence-corrected chi connectivity index (χ0v) is 18.9.